The smallest absolute Gasteiger partial charge is 0.104 e. The molecule has 3 heteroatoms. The first-order valence-electron chi connectivity index (χ1n) is 5.65. The lowest BCUT2D eigenvalue weighted by Gasteiger charge is -2.22. The molecule has 15 heavy (non-hydrogen) atoms. The van der Waals surface area contributed by atoms with E-state index in [-0.39, 0.29) is 0 Å². The van der Waals surface area contributed by atoms with Crippen molar-refractivity contribution in [2.75, 3.05) is 34.2 Å². The highest BCUT2D eigenvalue weighted by Crippen LogP contribution is 1.94. The zero-order valence-corrected chi connectivity index (χ0v) is 11.2. The lowest BCUT2D eigenvalue weighted by molar-refractivity contribution is 0.354. The van der Waals surface area contributed by atoms with Crippen molar-refractivity contribution < 1.29 is 0 Å². The number of rotatable bonds is 5. The third-order valence-electron chi connectivity index (χ3n) is 1.88. The van der Waals surface area contributed by atoms with Crippen molar-refractivity contribution in [2.24, 2.45) is 4.99 Å². The molecule has 0 N–H and O–H groups in total. The highest BCUT2D eigenvalue weighted by atomic mass is 15.2. The van der Waals surface area contributed by atoms with E-state index in [9.17, 15) is 0 Å². The maximum atomic E-state index is 4.21. The first-order valence-corrected chi connectivity index (χ1v) is 5.65. The van der Waals surface area contributed by atoms with Crippen molar-refractivity contribution in [1.82, 2.24) is 9.80 Å². The maximum Gasteiger partial charge on any atom is 0.104 e. The van der Waals surface area contributed by atoms with Gasteiger partial charge in [0.2, 0.25) is 0 Å². The third-order valence-corrected chi connectivity index (χ3v) is 1.88. The molecule has 0 rings (SSSR count). The zero-order chi connectivity index (χ0) is 12.3. The molecule has 0 aliphatic carbocycles. The quantitative estimate of drug-likeness (QED) is 0.516. The maximum absolute atomic E-state index is 4.21. The molecule has 3 nitrogen and oxygen atoms in total. The molecule has 0 saturated carbocycles. The Hall–Kier alpha value is -0.830. The molecule has 0 aromatic carbocycles. The van der Waals surface area contributed by atoms with Crippen molar-refractivity contribution in [1.29, 1.82) is 0 Å². The van der Waals surface area contributed by atoms with Crippen LogP contribution in [0.3, 0.4) is 0 Å². The van der Waals surface area contributed by atoms with Gasteiger partial charge in [-0.3, -0.25) is 0 Å². The van der Waals surface area contributed by atoms with Gasteiger partial charge >= 0.3 is 0 Å². The summed E-state index contributed by atoms with van der Waals surface area (Å²) in [5.41, 5.74) is 0. The van der Waals surface area contributed by atoms with E-state index < -0.39 is 0 Å². The predicted octanol–water partition coefficient (Wildman–Crippen LogP) is 2.46. The SMILES string of the molecule is C=CN=C(CC)N(C)CCN(C)C.CC. The summed E-state index contributed by atoms with van der Waals surface area (Å²) in [5.74, 6) is 1.09. The average Bonchev–Trinajstić information content (AvgIpc) is 2.25. The van der Waals surface area contributed by atoms with Crippen molar-refractivity contribution in [3.05, 3.63) is 12.8 Å². The molecule has 0 bridgehead atoms. The van der Waals surface area contributed by atoms with Crippen LogP contribution in [-0.2, 0) is 0 Å². The van der Waals surface area contributed by atoms with Gasteiger partial charge in [0.25, 0.3) is 0 Å². The Balaban J connectivity index is 0. The van der Waals surface area contributed by atoms with Gasteiger partial charge < -0.3 is 9.80 Å². The standard InChI is InChI=1S/C10H21N3.C2H6/c1-6-10(11-7-2)13(5)9-8-12(3)4;1-2/h7H,2,6,8-9H2,1,3-5H3;1-2H3. The number of aliphatic imine (C=N–C) groups is 1. The predicted molar refractivity (Wildman–Crippen MR) is 70.5 cm³/mol. The Kier molecular flexibility index (Phi) is 12.4. The molecule has 0 heterocycles. The summed E-state index contributed by atoms with van der Waals surface area (Å²) in [4.78, 5) is 8.54. The summed E-state index contributed by atoms with van der Waals surface area (Å²) < 4.78 is 0. The van der Waals surface area contributed by atoms with E-state index in [1.165, 1.54) is 0 Å². The molecule has 0 fully saturated rings. The van der Waals surface area contributed by atoms with Gasteiger partial charge in [0.05, 0.1) is 0 Å². The van der Waals surface area contributed by atoms with Crippen molar-refractivity contribution >= 4 is 5.84 Å². The largest absolute Gasteiger partial charge is 0.362 e. The monoisotopic (exact) mass is 213 g/mol. The summed E-state index contributed by atoms with van der Waals surface area (Å²) in [6.07, 6.45) is 2.56. The van der Waals surface area contributed by atoms with E-state index >= 15 is 0 Å². The lowest BCUT2D eigenvalue weighted by Crippen LogP contribution is -2.33. The van der Waals surface area contributed by atoms with Gasteiger partial charge in [-0.2, -0.15) is 0 Å². The fourth-order valence-corrected chi connectivity index (χ4v) is 1.04. The number of amidine groups is 1. The Bertz CT molecular complexity index is 174. The van der Waals surface area contributed by atoms with Crippen LogP contribution in [-0.4, -0.2) is 49.9 Å². The molecular weight excluding hydrogens is 186 g/mol. The molecule has 0 amide bonds. The van der Waals surface area contributed by atoms with Crippen LogP contribution < -0.4 is 0 Å². The molecule has 90 valence electrons. The number of likely N-dealkylation sites (N-methyl/N-ethyl adjacent to an activating group) is 2. The second kappa shape index (κ2) is 11.2. The second-order valence-corrected chi connectivity index (χ2v) is 3.31. The van der Waals surface area contributed by atoms with Crippen LogP contribution in [0.2, 0.25) is 0 Å². The average molecular weight is 213 g/mol. The van der Waals surface area contributed by atoms with E-state index in [1.54, 1.807) is 6.20 Å². The lowest BCUT2D eigenvalue weighted by atomic mass is 10.4. The minimum Gasteiger partial charge on any atom is -0.362 e. The summed E-state index contributed by atoms with van der Waals surface area (Å²) in [5, 5.41) is 0. The molecule has 0 spiro atoms. The van der Waals surface area contributed by atoms with Crippen LogP contribution in [0.4, 0.5) is 0 Å². The highest BCUT2D eigenvalue weighted by molar-refractivity contribution is 5.82. The molecule has 0 aromatic heterocycles. The summed E-state index contributed by atoms with van der Waals surface area (Å²) in [7, 11) is 6.21. The third kappa shape index (κ3) is 9.47. The van der Waals surface area contributed by atoms with Gasteiger partial charge in [0, 0.05) is 32.8 Å². The fraction of sp³-hybridized carbons (Fsp3) is 0.750. The summed E-state index contributed by atoms with van der Waals surface area (Å²) in [6, 6.07) is 0. The number of nitrogens with zero attached hydrogens (tertiary/aromatic N) is 3. The Morgan fingerprint density at radius 3 is 2.07 bits per heavy atom. The molecule has 0 unspecified atom stereocenters. The second-order valence-electron chi connectivity index (χ2n) is 3.31. The van der Waals surface area contributed by atoms with Gasteiger partial charge in [-0.05, 0) is 14.1 Å². The van der Waals surface area contributed by atoms with Gasteiger partial charge in [-0.15, -0.1) is 0 Å². The Morgan fingerprint density at radius 2 is 1.73 bits per heavy atom. The van der Waals surface area contributed by atoms with Gasteiger partial charge in [0.15, 0.2) is 0 Å². The van der Waals surface area contributed by atoms with Crippen molar-refractivity contribution in [3.8, 4) is 0 Å². The van der Waals surface area contributed by atoms with Gasteiger partial charge in [0.1, 0.15) is 5.84 Å². The van der Waals surface area contributed by atoms with Crippen LogP contribution >= 0.6 is 0 Å². The highest BCUT2D eigenvalue weighted by Gasteiger charge is 2.02. The minimum absolute atomic E-state index is 0.954. The van der Waals surface area contributed by atoms with E-state index in [2.05, 4.69) is 49.4 Å². The zero-order valence-electron chi connectivity index (χ0n) is 11.2. The summed E-state index contributed by atoms with van der Waals surface area (Å²) >= 11 is 0. The fourth-order valence-electron chi connectivity index (χ4n) is 1.04. The van der Waals surface area contributed by atoms with Crippen LogP contribution in [0.15, 0.2) is 17.8 Å². The molecule has 0 atom stereocenters. The molecule has 0 saturated heterocycles. The van der Waals surface area contributed by atoms with E-state index in [0.717, 1.165) is 25.3 Å². The Labute approximate surface area is 95.5 Å². The summed E-state index contributed by atoms with van der Waals surface area (Å²) in [6.45, 7) is 11.8. The van der Waals surface area contributed by atoms with E-state index in [4.69, 9.17) is 0 Å². The van der Waals surface area contributed by atoms with Gasteiger partial charge in [-0.1, -0.05) is 27.4 Å². The molecule has 0 aliphatic heterocycles. The Morgan fingerprint density at radius 1 is 1.20 bits per heavy atom. The molecular formula is C12H27N3. The van der Waals surface area contributed by atoms with E-state index in [1.807, 2.05) is 13.8 Å². The van der Waals surface area contributed by atoms with Gasteiger partial charge in [-0.25, -0.2) is 4.99 Å². The number of hydrogen-bond donors (Lipinski definition) is 0. The van der Waals surface area contributed by atoms with Crippen molar-refractivity contribution in [2.45, 2.75) is 27.2 Å². The topological polar surface area (TPSA) is 18.8 Å². The molecule has 0 radical (unpaired) electrons. The first-order chi connectivity index (χ1) is 7.11. The van der Waals surface area contributed by atoms with Crippen LogP contribution in [0.25, 0.3) is 0 Å². The molecule has 0 aliphatic rings. The number of hydrogen-bond acceptors (Lipinski definition) is 2. The van der Waals surface area contributed by atoms with Crippen LogP contribution in [0.1, 0.15) is 27.2 Å². The van der Waals surface area contributed by atoms with Crippen molar-refractivity contribution in [3.63, 3.8) is 0 Å². The minimum atomic E-state index is 0.954. The van der Waals surface area contributed by atoms with Crippen LogP contribution in [0, 0.1) is 0 Å². The van der Waals surface area contributed by atoms with Crippen LogP contribution in [0.5, 0.6) is 0 Å². The normalized spacial score (nSPS) is 10.7. The van der Waals surface area contributed by atoms with E-state index in [0.29, 0.717) is 0 Å². The molecule has 0 aromatic rings. The first kappa shape index (κ1) is 16.6.